The molecule has 3 rings (SSSR count). The van der Waals surface area contributed by atoms with E-state index >= 15 is 0 Å². The fourth-order valence-electron chi connectivity index (χ4n) is 3.55. The quantitative estimate of drug-likeness (QED) is 0.625. The maximum Gasteiger partial charge on any atom is 0.260 e. The number of hydrogen-bond donors (Lipinski definition) is 0. The van der Waals surface area contributed by atoms with Crippen LogP contribution in [0.3, 0.4) is 0 Å². The smallest absolute Gasteiger partial charge is 0.260 e. The lowest BCUT2D eigenvalue weighted by molar-refractivity contribution is -0.133. The topological polar surface area (TPSA) is 59.1 Å². The molecule has 0 aromatic heterocycles. The van der Waals surface area contributed by atoms with Gasteiger partial charge in [0.15, 0.2) is 12.4 Å². The van der Waals surface area contributed by atoms with Crippen molar-refractivity contribution in [3.05, 3.63) is 59.7 Å². The average molecular weight is 411 g/mol. The van der Waals surface area contributed by atoms with E-state index in [0.717, 1.165) is 38.3 Å². The van der Waals surface area contributed by atoms with Gasteiger partial charge in [0.2, 0.25) is 0 Å². The molecule has 160 valence electrons. The van der Waals surface area contributed by atoms with Crippen LogP contribution in [0.15, 0.2) is 48.5 Å². The van der Waals surface area contributed by atoms with Crippen molar-refractivity contribution < 1.29 is 19.1 Å². The fraction of sp³-hybridized carbons (Fsp3) is 0.417. The number of Topliss-reactive ketones (excluding diaryl/α,β-unsaturated/α-hetero) is 1. The largest absolute Gasteiger partial charge is 0.497 e. The number of methoxy groups -OCH3 is 1. The van der Waals surface area contributed by atoms with Crippen molar-refractivity contribution in [1.29, 1.82) is 0 Å². The van der Waals surface area contributed by atoms with E-state index in [0.29, 0.717) is 24.3 Å². The number of nitrogens with zero attached hydrogens (tertiary/aromatic N) is 2. The molecular weight excluding hydrogens is 380 g/mol. The third kappa shape index (κ3) is 6.07. The van der Waals surface area contributed by atoms with Gasteiger partial charge in [0, 0.05) is 44.7 Å². The van der Waals surface area contributed by atoms with Gasteiger partial charge in [0.05, 0.1) is 7.11 Å². The van der Waals surface area contributed by atoms with Crippen LogP contribution in [0.25, 0.3) is 0 Å². The van der Waals surface area contributed by atoms with Crippen LogP contribution in [-0.2, 0) is 11.3 Å². The van der Waals surface area contributed by atoms with E-state index in [-0.39, 0.29) is 18.3 Å². The van der Waals surface area contributed by atoms with E-state index in [9.17, 15) is 9.59 Å². The first kappa shape index (κ1) is 21.8. The standard InChI is InChI=1S/C24H30N2O4/c1-3-23(27)20-7-11-22(12-8-20)30-18-24(28)26-14-4-13-25(15-16-26)17-19-5-9-21(29-2)10-6-19/h5-12H,3-4,13-18H2,1-2H3. The molecule has 0 saturated carbocycles. The van der Waals surface area contributed by atoms with Crippen LogP contribution in [0, 0.1) is 0 Å². The maximum absolute atomic E-state index is 12.6. The third-order valence-electron chi connectivity index (χ3n) is 5.37. The Balaban J connectivity index is 1.46. The Kier molecular flexibility index (Phi) is 7.85. The molecule has 6 heteroatoms. The molecule has 0 bridgehead atoms. The molecule has 1 heterocycles. The molecular formula is C24H30N2O4. The van der Waals surface area contributed by atoms with Crippen molar-refractivity contribution in [3.8, 4) is 11.5 Å². The molecule has 0 aliphatic carbocycles. The third-order valence-corrected chi connectivity index (χ3v) is 5.37. The Hall–Kier alpha value is -2.86. The molecule has 0 N–H and O–H groups in total. The second-order valence-electron chi connectivity index (χ2n) is 7.45. The Morgan fingerprint density at radius 3 is 2.27 bits per heavy atom. The lowest BCUT2D eigenvalue weighted by atomic mass is 10.1. The highest BCUT2D eigenvalue weighted by Gasteiger charge is 2.19. The number of hydrogen-bond acceptors (Lipinski definition) is 5. The van der Waals surface area contributed by atoms with Crippen LogP contribution in [0.1, 0.15) is 35.7 Å². The van der Waals surface area contributed by atoms with Crippen LogP contribution in [0.5, 0.6) is 11.5 Å². The molecule has 1 aliphatic heterocycles. The van der Waals surface area contributed by atoms with Gasteiger partial charge in [-0.3, -0.25) is 14.5 Å². The number of carbonyl (C=O) groups excluding carboxylic acids is 2. The maximum atomic E-state index is 12.6. The van der Waals surface area contributed by atoms with Gasteiger partial charge in [-0.05, 0) is 48.4 Å². The average Bonchev–Trinajstić information content (AvgIpc) is 3.03. The van der Waals surface area contributed by atoms with Gasteiger partial charge in [-0.2, -0.15) is 0 Å². The van der Waals surface area contributed by atoms with E-state index in [4.69, 9.17) is 9.47 Å². The Morgan fingerprint density at radius 2 is 1.60 bits per heavy atom. The first-order valence-electron chi connectivity index (χ1n) is 10.5. The summed E-state index contributed by atoms with van der Waals surface area (Å²) < 4.78 is 10.9. The van der Waals surface area contributed by atoms with Crippen molar-refractivity contribution in [3.63, 3.8) is 0 Å². The van der Waals surface area contributed by atoms with E-state index in [1.165, 1.54) is 5.56 Å². The van der Waals surface area contributed by atoms with E-state index in [2.05, 4.69) is 17.0 Å². The second kappa shape index (κ2) is 10.8. The van der Waals surface area contributed by atoms with Crippen molar-refractivity contribution in [1.82, 2.24) is 9.80 Å². The van der Waals surface area contributed by atoms with Crippen LogP contribution >= 0.6 is 0 Å². The lowest BCUT2D eigenvalue weighted by Crippen LogP contribution is -2.38. The summed E-state index contributed by atoms with van der Waals surface area (Å²) in [6.07, 6.45) is 1.42. The van der Waals surface area contributed by atoms with Crippen LogP contribution < -0.4 is 9.47 Å². The zero-order chi connectivity index (χ0) is 21.3. The number of ether oxygens (including phenoxy) is 2. The zero-order valence-electron chi connectivity index (χ0n) is 17.8. The van der Waals surface area contributed by atoms with Crippen molar-refractivity contribution in [2.45, 2.75) is 26.3 Å². The minimum Gasteiger partial charge on any atom is -0.497 e. The highest BCUT2D eigenvalue weighted by molar-refractivity contribution is 5.95. The molecule has 30 heavy (non-hydrogen) atoms. The van der Waals surface area contributed by atoms with E-state index in [1.807, 2.05) is 24.0 Å². The number of amides is 1. The number of benzene rings is 2. The highest BCUT2D eigenvalue weighted by Crippen LogP contribution is 2.16. The molecule has 1 fully saturated rings. The molecule has 0 spiro atoms. The van der Waals surface area contributed by atoms with Gasteiger partial charge in [-0.1, -0.05) is 19.1 Å². The number of carbonyl (C=O) groups is 2. The van der Waals surface area contributed by atoms with Gasteiger partial charge in [-0.15, -0.1) is 0 Å². The first-order chi connectivity index (χ1) is 14.6. The minimum absolute atomic E-state index is 0.00462. The molecule has 2 aromatic carbocycles. The molecule has 0 atom stereocenters. The SMILES string of the molecule is CCC(=O)c1ccc(OCC(=O)N2CCCN(Cc3ccc(OC)cc3)CC2)cc1. The van der Waals surface area contributed by atoms with Crippen molar-refractivity contribution in [2.75, 3.05) is 39.9 Å². The molecule has 6 nitrogen and oxygen atoms in total. The normalized spacial score (nSPS) is 14.8. The predicted molar refractivity (Wildman–Crippen MR) is 116 cm³/mol. The minimum atomic E-state index is -0.00462. The summed E-state index contributed by atoms with van der Waals surface area (Å²) in [7, 11) is 1.67. The van der Waals surface area contributed by atoms with Crippen molar-refractivity contribution in [2.24, 2.45) is 0 Å². The summed E-state index contributed by atoms with van der Waals surface area (Å²) in [6, 6.07) is 15.1. The van der Waals surface area contributed by atoms with E-state index < -0.39 is 0 Å². The molecule has 2 aromatic rings. The van der Waals surface area contributed by atoms with Gasteiger partial charge in [-0.25, -0.2) is 0 Å². The molecule has 1 amide bonds. The molecule has 0 radical (unpaired) electrons. The van der Waals surface area contributed by atoms with Gasteiger partial charge in [0.1, 0.15) is 11.5 Å². The zero-order valence-corrected chi connectivity index (χ0v) is 17.8. The Morgan fingerprint density at radius 1 is 0.900 bits per heavy atom. The lowest BCUT2D eigenvalue weighted by Gasteiger charge is -2.22. The van der Waals surface area contributed by atoms with Crippen LogP contribution in [0.4, 0.5) is 0 Å². The van der Waals surface area contributed by atoms with Gasteiger partial charge < -0.3 is 14.4 Å². The van der Waals surface area contributed by atoms with Gasteiger partial charge >= 0.3 is 0 Å². The van der Waals surface area contributed by atoms with Gasteiger partial charge in [0.25, 0.3) is 5.91 Å². The molecule has 1 aliphatic rings. The molecule has 1 saturated heterocycles. The summed E-state index contributed by atoms with van der Waals surface area (Å²) in [5, 5.41) is 0. The number of ketones is 1. The summed E-state index contributed by atoms with van der Waals surface area (Å²) in [6.45, 7) is 5.96. The summed E-state index contributed by atoms with van der Waals surface area (Å²) >= 11 is 0. The summed E-state index contributed by atoms with van der Waals surface area (Å²) in [5.41, 5.74) is 1.91. The second-order valence-corrected chi connectivity index (χ2v) is 7.45. The van der Waals surface area contributed by atoms with E-state index in [1.54, 1.807) is 31.4 Å². The van der Waals surface area contributed by atoms with Crippen LogP contribution in [0.2, 0.25) is 0 Å². The predicted octanol–water partition coefficient (Wildman–Crippen LogP) is 3.40. The van der Waals surface area contributed by atoms with Crippen LogP contribution in [-0.4, -0.2) is 61.4 Å². The highest BCUT2D eigenvalue weighted by atomic mass is 16.5. The summed E-state index contributed by atoms with van der Waals surface area (Å²) in [4.78, 5) is 28.5. The Bertz CT molecular complexity index is 833. The monoisotopic (exact) mass is 410 g/mol. The number of rotatable bonds is 8. The summed E-state index contributed by atoms with van der Waals surface area (Å²) in [5.74, 6) is 1.56. The molecule has 0 unspecified atom stereocenters. The van der Waals surface area contributed by atoms with Crippen molar-refractivity contribution >= 4 is 11.7 Å². The Labute approximate surface area is 178 Å². The fourth-order valence-corrected chi connectivity index (χ4v) is 3.55. The first-order valence-corrected chi connectivity index (χ1v) is 10.5.